The van der Waals surface area contributed by atoms with Gasteiger partial charge in [0.1, 0.15) is 6.04 Å². The highest BCUT2D eigenvalue weighted by Gasteiger charge is 2.18. The Labute approximate surface area is 146 Å². The third kappa shape index (κ3) is 6.87. The Kier molecular flexibility index (Phi) is 8.64. The van der Waals surface area contributed by atoms with Crippen molar-refractivity contribution in [1.29, 1.82) is 0 Å². The van der Waals surface area contributed by atoms with Crippen LogP contribution < -0.4 is 21.7 Å². The number of benzene rings is 1. The van der Waals surface area contributed by atoms with Crippen LogP contribution in [0.3, 0.4) is 0 Å². The van der Waals surface area contributed by atoms with E-state index in [1.807, 2.05) is 6.92 Å². The Bertz CT molecular complexity index is 580. The first-order valence-electron chi connectivity index (χ1n) is 7.82. The van der Waals surface area contributed by atoms with Crippen molar-refractivity contribution in [2.75, 3.05) is 13.1 Å². The second kappa shape index (κ2) is 10.5. The second-order valence-electron chi connectivity index (χ2n) is 5.23. The molecule has 0 aliphatic rings. The number of primary amides is 1. The standard InChI is InChI=1S/C16H23ClN4O3/c1-2-3-8-13(21-16(18)24)15(23)20-10-9-19-14(22)11-6-4-5-7-12(11)17/h4-7,13H,2-3,8-10H2,1H3,(H,19,22)(H,20,23)(H3,18,21,24). The van der Waals surface area contributed by atoms with Crippen molar-refractivity contribution in [2.45, 2.75) is 32.2 Å². The highest BCUT2D eigenvalue weighted by molar-refractivity contribution is 6.33. The normalized spacial score (nSPS) is 11.4. The van der Waals surface area contributed by atoms with E-state index < -0.39 is 12.1 Å². The van der Waals surface area contributed by atoms with Gasteiger partial charge in [-0.3, -0.25) is 9.59 Å². The number of hydrogen-bond acceptors (Lipinski definition) is 3. The SMILES string of the molecule is CCCCC(NC(N)=O)C(=O)NCCNC(=O)c1ccccc1Cl. The zero-order chi connectivity index (χ0) is 17.9. The third-order valence-corrected chi connectivity index (χ3v) is 3.64. The van der Waals surface area contributed by atoms with E-state index in [9.17, 15) is 14.4 Å². The molecule has 1 rings (SSSR count). The van der Waals surface area contributed by atoms with Gasteiger partial charge in [-0.15, -0.1) is 0 Å². The van der Waals surface area contributed by atoms with Crippen LogP contribution in [0.25, 0.3) is 0 Å². The summed E-state index contributed by atoms with van der Waals surface area (Å²) in [5.74, 6) is -0.637. The highest BCUT2D eigenvalue weighted by Crippen LogP contribution is 2.14. The fraction of sp³-hybridized carbons (Fsp3) is 0.438. The highest BCUT2D eigenvalue weighted by atomic mass is 35.5. The number of halogens is 1. The van der Waals surface area contributed by atoms with E-state index in [0.29, 0.717) is 17.0 Å². The molecule has 132 valence electrons. The molecule has 0 fully saturated rings. The molecule has 0 radical (unpaired) electrons. The molecule has 1 aromatic carbocycles. The van der Waals surface area contributed by atoms with Crippen LogP contribution in [0.15, 0.2) is 24.3 Å². The van der Waals surface area contributed by atoms with Crippen molar-refractivity contribution in [1.82, 2.24) is 16.0 Å². The van der Waals surface area contributed by atoms with E-state index in [0.717, 1.165) is 12.8 Å². The number of amides is 4. The Morgan fingerprint density at radius 2 is 1.83 bits per heavy atom. The van der Waals surface area contributed by atoms with Crippen LogP contribution >= 0.6 is 11.6 Å². The van der Waals surface area contributed by atoms with Gasteiger partial charge in [-0.05, 0) is 18.6 Å². The fourth-order valence-electron chi connectivity index (χ4n) is 2.07. The zero-order valence-electron chi connectivity index (χ0n) is 13.6. The van der Waals surface area contributed by atoms with Gasteiger partial charge in [0.15, 0.2) is 0 Å². The monoisotopic (exact) mass is 354 g/mol. The quantitative estimate of drug-likeness (QED) is 0.503. The van der Waals surface area contributed by atoms with Gasteiger partial charge in [0, 0.05) is 13.1 Å². The third-order valence-electron chi connectivity index (χ3n) is 3.31. The smallest absolute Gasteiger partial charge is 0.312 e. The molecule has 1 aromatic rings. The molecule has 0 bridgehead atoms. The molecule has 0 aliphatic carbocycles. The molecular formula is C16H23ClN4O3. The summed E-state index contributed by atoms with van der Waals surface area (Å²) in [5, 5.41) is 8.11. The van der Waals surface area contributed by atoms with Gasteiger partial charge >= 0.3 is 6.03 Å². The lowest BCUT2D eigenvalue weighted by molar-refractivity contribution is -0.123. The maximum absolute atomic E-state index is 12.0. The molecule has 0 saturated carbocycles. The maximum Gasteiger partial charge on any atom is 0.312 e. The minimum Gasteiger partial charge on any atom is -0.353 e. The van der Waals surface area contributed by atoms with Crippen molar-refractivity contribution >= 4 is 29.4 Å². The summed E-state index contributed by atoms with van der Waals surface area (Å²) in [4.78, 5) is 34.9. The van der Waals surface area contributed by atoms with Crippen molar-refractivity contribution in [3.63, 3.8) is 0 Å². The molecule has 0 saturated heterocycles. The second-order valence-corrected chi connectivity index (χ2v) is 5.64. The molecule has 1 unspecified atom stereocenters. The molecule has 8 heteroatoms. The Morgan fingerprint density at radius 3 is 2.46 bits per heavy atom. The minimum absolute atomic E-state index is 0.234. The lowest BCUT2D eigenvalue weighted by Gasteiger charge is -2.17. The van der Waals surface area contributed by atoms with E-state index in [1.54, 1.807) is 24.3 Å². The first-order chi connectivity index (χ1) is 11.5. The van der Waals surface area contributed by atoms with E-state index >= 15 is 0 Å². The Balaban J connectivity index is 2.39. The van der Waals surface area contributed by atoms with Gasteiger partial charge < -0.3 is 21.7 Å². The van der Waals surface area contributed by atoms with Crippen LogP contribution in [0, 0.1) is 0 Å². The van der Waals surface area contributed by atoms with Gasteiger partial charge in [-0.25, -0.2) is 4.79 Å². The minimum atomic E-state index is -0.738. The number of nitrogens with two attached hydrogens (primary N) is 1. The summed E-state index contributed by atoms with van der Waals surface area (Å²) >= 11 is 5.94. The fourth-order valence-corrected chi connectivity index (χ4v) is 2.30. The van der Waals surface area contributed by atoms with E-state index in [4.69, 9.17) is 17.3 Å². The summed E-state index contributed by atoms with van der Waals surface area (Å²) < 4.78 is 0. The van der Waals surface area contributed by atoms with Crippen LogP contribution in [0.4, 0.5) is 4.79 Å². The lowest BCUT2D eigenvalue weighted by atomic mass is 10.1. The zero-order valence-corrected chi connectivity index (χ0v) is 14.4. The molecule has 4 amide bonds. The summed E-state index contributed by atoms with van der Waals surface area (Å²) in [5.41, 5.74) is 5.45. The van der Waals surface area contributed by atoms with E-state index in [-0.39, 0.29) is 24.9 Å². The van der Waals surface area contributed by atoms with E-state index in [2.05, 4.69) is 16.0 Å². The average Bonchev–Trinajstić information content (AvgIpc) is 2.55. The first kappa shape index (κ1) is 19.8. The van der Waals surface area contributed by atoms with Gasteiger partial charge in [0.25, 0.3) is 5.91 Å². The molecular weight excluding hydrogens is 332 g/mol. The predicted octanol–water partition coefficient (Wildman–Crippen LogP) is 1.41. The largest absolute Gasteiger partial charge is 0.353 e. The number of carbonyl (C=O) groups is 3. The number of unbranched alkanes of at least 4 members (excludes halogenated alkanes) is 1. The van der Waals surface area contributed by atoms with Crippen molar-refractivity contribution in [3.8, 4) is 0 Å². The van der Waals surface area contributed by atoms with Gasteiger partial charge in [0.05, 0.1) is 10.6 Å². The van der Waals surface area contributed by atoms with Crippen LogP contribution in [0.5, 0.6) is 0 Å². The van der Waals surface area contributed by atoms with E-state index in [1.165, 1.54) is 0 Å². The molecule has 1 atom stereocenters. The summed E-state index contributed by atoms with van der Waals surface area (Å²) in [6.07, 6.45) is 2.21. The van der Waals surface area contributed by atoms with Crippen LogP contribution in [-0.2, 0) is 4.79 Å². The number of carbonyl (C=O) groups excluding carboxylic acids is 3. The molecule has 0 spiro atoms. The van der Waals surface area contributed by atoms with Gasteiger partial charge in [-0.1, -0.05) is 43.5 Å². The summed E-state index contributed by atoms with van der Waals surface area (Å²) in [6, 6.07) is 5.30. The van der Waals surface area contributed by atoms with Crippen LogP contribution in [-0.4, -0.2) is 37.0 Å². The molecule has 0 aromatic heterocycles. The predicted molar refractivity (Wildman–Crippen MR) is 92.8 cm³/mol. The Morgan fingerprint density at radius 1 is 1.17 bits per heavy atom. The van der Waals surface area contributed by atoms with Crippen LogP contribution in [0.1, 0.15) is 36.5 Å². The van der Waals surface area contributed by atoms with Gasteiger partial charge in [-0.2, -0.15) is 0 Å². The number of rotatable bonds is 9. The number of hydrogen-bond donors (Lipinski definition) is 4. The Hall–Kier alpha value is -2.28. The summed E-state index contributed by atoms with van der Waals surface area (Å²) in [6.45, 7) is 2.47. The van der Waals surface area contributed by atoms with Crippen molar-refractivity contribution in [2.24, 2.45) is 5.73 Å². The molecule has 0 heterocycles. The summed E-state index contributed by atoms with van der Waals surface area (Å²) in [7, 11) is 0. The number of urea groups is 1. The van der Waals surface area contributed by atoms with Crippen LogP contribution in [0.2, 0.25) is 5.02 Å². The van der Waals surface area contributed by atoms with Crippen molar-refractivity contribution < 1.29 is 14.4 Å². The number of nitrogens with one attached hydrogen (secondary N) is 3. The van der Waals surface area contributed by atoms with Crippen molar-refractivity contribution in [3.05, 3.63) is 34.9 Å². The topological polar surface area (TPSA) is 113 Å². The molecule has 7 nitrogen and oxygen atoms in total. The molecule has 24 heavy (non-hydrogen) atoms. The maximum atomic E-state index is 12.0. The first-order valence-corrected chi connectivity index (χ1v) is 8.20. The molecule has 0 aliphatic heterocycles. The average molecular weight is 355 g/mol. The lowest BCUT2D eigenvalue weighted by Crippen LogP contribution is -2.49. The van der Waals surface area contributed by atoms with Gasteiger partial charge in [0.2, 0.25) is 5.91 Å². The molecule has 5 N–H and O–H groups in total.